The summed E-state index contributed by atoms with van der Waals surface area (Å²) in [5.41, 5.74) is 8.25. The molecule has 1 heterocycles. The van der Waals surface area contributed by atoms with Gasteiger partial charge in [-0.15, -0.1) is 0 Å². The molecule has 0 radical (unpaired) electrons. The first-order chi connectivity index (χ1) is 11.5. The summed E-state index contributed by atoms with van der Waals surface area (Å²) in [6, 6.07) is 2.52. The van der Waals surface area contributed by atoms with Crippen LogP contribution >= 0.6 is 0 Å². The normalized spacial score (nSPS) is 16.4. The molecule has 130 valence electrons. The average molecular weight is 331 g/mol. The Bertz CT molecular complexity index is 633. The van der Waals surface area contributed by atoms with Gasteiger partial charge in [0.25, 0.3) is 0 Å². The van der Waals surface area contributed by atoms with Crippen molar-refractivity contribution in [3.05, 3.63) is 46.0 Å². The molecule has 3 rings (SSSR count). The zero-order valence-corrected chi connectivity index (χ0v) is 14.1. The molecule has 0 bridgehead atoms. The molecule has 5 nitrogen and oxygen atoms in total. The largest absolute Gasteiger partial charge is 0.478 e. The van der Waals surface area contributed by atoms with Crippen LogP contribution in [0.15, 0.2) is 18.2 Å². The van der Waals surface area contributed by atoms with Gasteiger partial charge >= 0.3 is 11.9 Å². The number of nitrogens with one attached hydrogen (secondary N) is 1. The molecule has 0 atom stereocenters. The predicted octanol–water partition coefficient (Wildman–Crippen LogP) is 2.27. The van der Waals surface area contributed by atoms with Gasteiger partial charge in [-0.25, -0.2) is 9.59 Å². The Morgan fingerprint density at radius 2 is 1.46 bits per heavy atom. The van der Waals surface area contributed by atoms with E-state index in [0.717, 1.165) is 13.1 Å². The lowest BCUT2D eigenvalue weighted by atomic mass is 9.83. The smallest absolute Gasteiger partial charge is 0.328 e. The third-order valence-electron chi connectivity index (χ3n) is 4.64. The van der Waals surface area contributed by atoms with Crippen molar-refractivity contribution >= 4 is 11.9 Å². The molecule has 0 unspecified atom stereocenters. The number of benzene rings is 1. The molecule has 0 saturated heterocycles. The fourth-order valence-electron chi connectivity index (χ4n) is 3.51. The summed E-state index contributed by atoms with van der Waals surface area (Å²) in [7, 11) is 0. The summed E-state index contributed by atoms with van der Waals surface area (Å²) in [5.74, 6) is -2.51. The van der Waals surface area contributed by atoms with Gasteiger partial charge in [-0.05, 0) is 86.4 Å². The number of hydrogen-bond donors (Lipinski definition) is 3. The van der Waals surface area contributed by atoms with Crippen LogP contribution in [-0.4, -0.2) is 35.2 Å². The average Bonchev–Trinajstić information content (AvgIpc) is 2.79. The summed E-state index contributed by atoms with van der Waals surface area (Å²) >= 11 is 0. The summed E-state index contributed by atoms with van der Waals surface area (Å²) in [6.07, 6.45) is 9.00. The van der Waals surface area contributed by atoms with Crippen LogP contribution in [0.5, 0.6) is 0 Å². The van der Waals surface area contributed by atoms with Gasteiger partial charge in [-0.3, -0.25) is 0 Å². The van der Waals surface area contributed by atoms with Crippen LogP contribution in [0.4, 0.5) is 0 Å². The summed E-state index contributed by atoms with van der Waals surface area (Å²) in [5, 5.41) is 19.1. The zero-order valence-electron chi connectivity index (χ0n) is 14.1. The second-order valence-corrected chi connectivity index (χ2v) is 6.24. The first-order valence-corrected chi connectivity index (χ1v) is 8.46. The van der Waals surface area contributed by atoms with Gasteiger partial charge in [-0.1, -0.05) is 6.07 Å². The third kappa shape index (κ3) is 4.93. The van der Waals surface area contributed by atoms with Crippen LogP contribution in [0.1, 0.15) is 40.7 Å². The lowest BCUT2D eigenvalue weighted by Gasteiger charge is -2.22. The SMILES string of the molecule is Cc1c2c(cc3c1CCNCC3)CCCC2.O=C(O)/C=C/C(=O)O. The number of rotatable bonds is 2. The molecule has 0 fully saturated rings. The minimum atomic E-state index is -1.26. The highest BCUT2D eigenvalue weighted by molar-refractivity contribution is 5.89. The Hall–Kier alpha value is -2.14. The first-order valence-electron chi connectivity index (χ1n) is 8.46. The van der Waals surface area contributed by atoms with Gasteiger partial charge in [0.05, 0.1) is 0 Å². The number of carboxylic acids is 2. The number of carbonyl (C=O) groups is 2. The van der Waals surface area contributed by atoms with E-state index >= 15 is 0 Å². The molecule has 1 aliphatic heterocycles. The molecule has 0 amide bonds. The van der Waals surface area contributed by atoms with Gasteiger partial charge in [0, 0.05) is 12.2 Å². The summed E-state index contributed by atoms with van der Waals surface area (Å²) in [4.78, 5) is 19.1. The molecule has 2 aliphatic rings. The molecule has 0 spiro atoms. The van der Waals surface area contributed by atoms with Gasteiger partial charge in [0.1, 0.15) is 0 Å². The van der Waals surface area contributed by atoms with E-state index in [1.54, 1.807) is 27.8 Å². The van der Waals surface area contributed by atoms with Gasteiger partial charge in [0.2, 0.25) is 0 Å². The highest BCUT2D eigenvalue weighted by Crippen LogP contribution is 2.30. The zero-order chi connectivity index (χ0) is 17.5. The van der Waals surface area contributed by atoms with Crippen LogP contribution in [0.3, 0.4) is 0 Å². The number of aliphatic carboxylic acids is 2. The lowest BCUT2D eigenvalue weighted by molar-refractivity contribution is -0.134. The van der Waals surface area contributed by atoms with Crippen molar-refractivity contribution in [3.8, 4) is 0 Å². The molecule has 3 N–H and O–H groups in total. The van der Waals surface area contributed by atoms with Gasteiger partial charge < -0.3 is 15.5 Å². The first kappa shape index (κ1) is 18.2. The highest BCUT2D eigenvalue weighted by atomic mass is 16.4. The van der Waals surface area contributed by atoms with Crippen molar-refractivity contribution in [2.45, 2.75) is 45.4 Å². The monoisotopic (exact) mass is 331 g/mol. The maximum absolute atomic E-state index is 9.55. The van der Waals surface area contributed by atoms with Gasteiger partial charge in [-0.2, -0.15) is 0 Å². The Morgan fingerprint density at radius 1 is 0.917 bits per heavy atom. The minimum absolute atomic E-state index is 0.558. The summed E-state index contributed by atoms with van der Waals surface area (Å²) in [6.45, 7) is 4.67. The molecule has 1 aromatic rings. The van der Waals surface area contributed by atoms with Gasteiger partial charge in [0.15, 0.2) is 0 Å². The fraction of sp³-hybridized carbons (Fsp3) is 0.474. The Labute approximate surface area is 142 Å². The standard InChI is InChI=1S/C15H21N.C4H4O4/c1-11-14-5-3-2-4-12(14)10-13-6-8-16-9-7-15(11)13;5-3(6)1-2-4(7)8/h10,16H,2-9H2,1H3;1-2H,(H,5,6)(H,7,8)/b;2-1+. The molecule has 24 heavy (non-hydrogen) atoms. The van der Waals surface area contributed by atoms with E-state index in [-0.39, 0.29) is 0 Å². The van der Waals surface area contributed by atoms with Crippen LogP contribution < -0.4 is 5.32 Å². The molecular weight excluding hydrogens is 306 g/mol. The topological polar surface area (TPSA) is 86.6 Å². The quantitative estimate of drug-likeness (QED) is 0.724. The maximum Gasteiger partial charge on any atom is 0.328 e. The van der Waals surface area contributed by atoms with E-state index in [4.69, 9.17) is 10.2 Å². The van der Waals surface area contributed by atoms with Crippen molar-refractivity contribution in [1.29, 1.82) is 0 Å². The molecule has 0 aromatic heterocycles. The minimum Gasteiger partial charge on any atom is -0.478 e. The van der Waals surface area contributed by atoms with Crippen LogP contribution in [-0.2, 0) is 35.3 Å². The maximum atomic E-state index is 9.55. The van der Waals surface area contributed by atoms with Crippen LogP contribution in [0.2, 0.25) is 0 Å². The second-order valence-electron chi connectivity index (χ2n) is 6.24. The summed E-state index contributed by atoms with van der Waals surface area (Å²) < 4.78 is 0. The van der Waals surface area contributed by atoms with E-state index in [2.05, 4.69) is 18.3 Å². The van der Waals surface area contributed by atoms with Crippen molar-refractivity contribution in [3.63, 3.8) is 0 Å². The molecular formula is C19H25NO4. The van der Waals surface area contributed by atoms with Crippen LogP contribution in [0.25, 0.3) is 0 Å². The third-order valence-corrected chi connectivity index (χ3v) is 4.64. The Balaban J connectivity index is 0.000000224. The number of hydrogen-bond acceptors (Lipinski definition) is 3. The molecule has 1 aromatic carbocycles. The fourth-order valence-corrected chi connectivity index (χ4v) is 3.51. The van der Waals surface area contributed by atoms with E-state index in [9.17, 15) is 9.59 Å². The van der Waals surface area contributed by atoms with Crippen LogP contribution in [0, 0.1) is 6.92 Å². The molecule has 1 aliphatic carbocycles. The Morgan fingerprint density at radius 3 is 2.12 bits per heavy atom. The van der Waals surface area contributed by atoms with E-state index in [1.807, 2.05) is 0 Å². The lowest BCUT2D eigenvalue weighted by Crippen LogP contribution is -2.16. The van der Waals surface area contributed by atoms with E-state index in [0.29, 0.717) is 12.2 Å². The van der Waals surface area contributed by atoms with Crippen molar-refractivity contribution < 1.29 is 19.8 Å². The van der Waals surface area contributed by atoms with Crippen molar-refractivity contribution in [1.82, 2.24) is 5.32 Å². The van der Waals surface area contributed by atoms with Crippen molar-refractivity contribution in [2.75, 3.05) is 13.1 Å². The van der Waals surface area contributed by atoms with Crippen molar-refractivity contribution in [2.24, 2.45) is 0 Å². The predicted molar refractivity (Wildman–Crippen MR) is 92.5 cm³/mol. The number of fused-ring (bicyclic) bond motifs is 2. The number of aryl methyl sites for hydroxylation is 1. The second kappa shape index (κ2) is 8.64. The highest BCUT2D eigenvalue weighted by Gasteiger charge is 2.18. The van der Waals surface area contributed by atoms with E-state index in [1.165, 1.54) is 38.5 Å². The number of carboxylic acid groups (broad SMARTS) is 2. The van der Waals surface area contributed by atoms with E-state index < -0.39 is 11.9 Å². The Kier molecular flexibility index (Phi) is 6.55. The molecule has 0 saturated carbocycles. The molecule has 5 heteroatoms.